The smallest absolute Gasteiger partial charge is 0.0120 e. The summed E-state index contributed by atoms with van der Waals surface area (Å²) in [6.45, 7) is 4.58. The van der Waals surface area contributed by atoms with E-state index in [-0.39, 0.29) is 0 Å². The Kier molecular flexibility index (Phi) is 15.1. The predicted molar refractivity (Wildman–Crippen MR) is 97.8 cm³/mol. The Balaban J connectivity index is 3.35. The number of unbranched alkanes of at least 4 members (excludes halogenated alkanes) is 6. The first-order valence-corrected chi connectivity index (χ1v) is 9.97. The molecule has 104 valence electrons. The summed E-state index contributed by atoms with van der Waals surface area (Å²) in [6.07, 6.45) is 15.7. The van der Waals surface area contributed by atoms with E-state index in [1.165, 1.54) is 70.6 Å². The predicted octanol–water partition coefficient (Wildman–Crippen LogP) is 6.92. The van der Waals surface area contributed by atoms with Gasteiger partial charge in [0.1, 0.15) is 0 Å². The van der Waals surface area contributed by atoms with Gasteiger partial charge in [-0.3, -0.25) is 0 Å². The minimum absolute atomic E-state index is 0.914. The summed E-state index contributed by atoms with van der Waals surface area (Å²) < 4.78 is 1.83. The number of halogens is 2. The van der Waals surface area contributed by atoms with E-state index in [1.54, 1.807) is 0 Å². The largest absolute Gasteiger partial charge is 0.0826 e. The van der Waals surface area contributed by atoms with Crippen molar-refractivity contribution in [1.82, 2.24) is 0 Å². The lowest BCUT2D eigenvalue weighted by molar-refractivity contribution is 0.575. The van der Waals surface area contributed by atoms with E-state index in [4.69, 9.17) is 0 Å². The van der Waals surface area contributed by atoms with Gasteiger partial charge in [0.15, 0.2) is 0 Å². The highest BCUT2D eigenvalue weighted by atomic mass is 127. The number of hydrogen-bond donors (Lipinski definition) is 0. The molecule has 0 aliphatic carbocycles. The molecule has 0 rings (SSSR count). The van der Waals surface area contributed by atoms with Crippen molar-refractivity contribution < 1.29 is 0 Å². The Morgan fingerprint density at radius 1 is 0.647 bits per heavy atom. The molecule has 0 heterocycles. The normalized spacial score (nSPS) is 14.8. The van der Waals surface area contributed by atoms with Crippen LogP contribution in [0.4, 0.5) is 0 Å². The molecule has 2 heteroatoms. The summed E-state index contributed by atoms with van der Waals surface area (Å²) in [5.74, 6) is 0. The third-order valence-corrected chi connectivity index (χ3v) is 5.52. The molecule has 2 atom stereocenters. The fourth-order valence-corrected chi connectivity index (χ4v) is 5.18. The van der Waals surface area contributed by atoms with Crippen LogP contribution in [0.5, 0.6) is 0 Å². The Hall–Kier alpha value is 1.46. The van der Waals surface area contributed by atoms with Gasteiger partial charge in [-0.25, -0.2) is 0 Å². The summed E-state index contributed by atoms with van der Waals surface area (Å²) in [6, 6.07) is 0. The molecule has 0 amide bonds. The SMILES string of the molecule is CCCCCCC(I)CC(I)CCCCCC. The highest BCUT2D eigenvalue weighted by Crippen LogP contribution is 2.24. The molecule has 0 radical (unpaired) electrons. The maximum Gasteiger partial charge on any atom is 0.0120 e. The Morgan fingerprint density at radius 2 is 1.06 bits per heavy atom. The van der Waals surface area contributed by atoms with Gasteiger partial charge in [-0.2, -0.15) is 0 Å². The molecule has 0 aliphatic rings. The molecule has 0 aromatic carbocycles. The zero-order valence-corrected chi connectivity index (χ0v) is 16.0. The first kappa shape index (κ1) is 18.5. The van der Waals surface area contributed by atoms with Crippen LogP contribution in [0.25, 0.3) is 0 Å². The van der Waals surface area contributed by atoms with Crippen molar-refractivity contribution >= 4 is 45.2 Å². The molecule has 2 unspecified atom stereocenters. The molecule has 0 fully saturated rings. The van der Waals surface area contributed by atoms with Gasteiger partial charge in [-0.05, 0) is 19.3 Å². The van der Waals surface area contributed by atoms with Crippen LogP contribution in [0.3, 0.4) is 0 Å². The first-order valence-electron chi connectivity index (χ1n) is 7.48. The van der Waals surface area contributed by atoms with Gasteiger partial charge in [0.05, 0.1) is 0 Å². The molecule has 0 aliphatic heterocycles. The Labute approximate surface area is 136 Å². The van der Waals surface area contributed by atoms with Gasteiger partial charge in [0.25, 0.3) is 0 Å². The molecule has 0 aromatic rings. The number of rotatable bonds is 12. The maximum absolute atomic E-state index is 2.67. The van der Waals surface area contributed by atoms with Crippen molar-refractivity contribution in [2.45, 2.75) is 92.3 Å². The van der Waals surface area contributed by atoms with Crippen LogP contribution in [0.2, 0.25) is 0 Å². The van der Waals surface area contributed by atoms with Gasteiger partial charge < -0.3 is 0 Å². The second-order valence-corrected chi connectivity index (χ2v) is 8.65. The zero-order chi connectivity index (χ0) is 12.9. The van der Waals surface area contributed by atoms with Crippen LogP contribution < -0.4 is 0 Å². The van der Waals surface area contributed by atoms with Crippen LogP contribution >= 0.6 is 45.2 Å². The van der Waals surface area contributed by atoms with Gasteiger partial charge in [0, 0.05) is 7.85 Å². The summed E-state index contributed by atoms with van der Waals surface area (Å²) in [5.41, 5.74) is 0. The van der Waals surface area contributed by atoms with E-state index < -0.39 is 0 Å². The fraction of sp³-hybridized carbons (Fsp3) is 1.00. The highest BCUT2D eigenvalue weighted by Gasteiger charge is 2.10. The molecular formula is C15H30I2. The minimum Gasteiger partial charge on any atom is -0.0826 e. The van der Waals surface area contributed by atoms with Crippen LogP contribution in [-0.2, 0) is 0 Å². The molecule has 0 nitrogen and oxygen atoms in total. The van der Waals surface area contributed by atoms with Gasteiger partial charge in [0.2, 0.25) is 0 Å². The lowest BCUT2D eigenvalue weighted by Crippen LogP contribution is -2.07. The van der Waals surface area contributed by atoms with Gasteiger partial charge >= 0.3 is 0 Å². The fourth-order valence-electron chi connectivity index (χ4n) is 2.10. The quantitative estimate of drug-likeness (QED) is 0.167. The van der Waals surface area contributed by atoms with Gasteiger partial charge in [-0.1, -0.05) is 110 Å². The topological polar surface area (TPSA) is 0 Å². The Bertz CT molecular complexity index is 132. The summed E-state index contributed by atoms with van der Waals surface area (Å²) >= 11 is 5.34. The molecule has 0 saturated carbocycles. The molecule has 0 aromatic heterocycles. The minimum atomic E-state index is 0.914. The molecule has 17 heavy (non-hydrogen) atoms. The van der Waals surface area contributed by atoms with E-state index in [9.17, 15) is 0 Å². The first-order chi connectivity index (χ1) is 8.20. The molecule has 0 spiro atoms. The van der Waals surface area contributed by atoms with E-state index in [2.05, 4.69) is 59.0 Å². The lowest BCUT2D eigenvalue weighted by atomic mass is 10.0. The number of alkyl halides is 2. The molecule has 0 N–H and O–H groups in total. The third kappa shape index (κ3) is 13.7. The van der Waals surface area contributed by atoms with Gasteiger partial charge in [-0.15, -0.1) is 0 Å². The van der Waals surface area contributed by atoms with Crippen molar-refractivity contribution in [1.29, 1.82) is 0 Å². The average Bonchev–Trinajstić information content (AvgIpc) is 2.30. The van der Waals surface area contributed by atoms with E-state index in [1.807, 2.05) is 0 Å². The molecule has 0 saturated heterocycles. The third-order valence-electron chi connectivity index (χ3n) is 3.25. The van der Waals surface area contributed by atoms with Crippen LogP contribution in [-0.4, -0.2) is 7.85 Å². The van der Waals surface area contributed by atoms with Crippen molar-refractivity contribution in [3.63, 3.8) is 0 Å². The van der Waals surface area contributed by atoms with Crippen LogP contribution in [0.15, 0.2) is 0 Å². The van der Waals surface area contributed by atoms with Crippen molar-refractivity contribution in [2.24, 2.45) is 0 Å². The average molecular weight is 464 g/mol. The zero-order valence-electron chi connectivity index (χ0n) is 11.7. The van der Waals surface area contributed by atoms with Crippen LogP contribution in [0, 0.1) is 0 Å². The van der Waals surface area contributed by atoms with E-state index in [0.29, 0.717) is 0 Å². The molecule has 0 bridgehead atoms. The summed E-state index contributed by atoms with van der Waals surface area (Å²) in [5, 5.41) is 0. The van der Waals surface area contributed by atoms with E-state index in [0.717, 1.165) is 7.85 Å². The number of hydrogen-bond acceptors (Lipinski definition) is 0. The van der Waals surface area contributed by atoms with Crippen molar-refractivity contribution in [3.8, 4) is 0 Å². The maximum atomic E-state index is 2.67. The van der Waals surface area contributed by atoms with E-state index >= 15 is 0 Å². The second-order valence-electron chi connectivity index (χ2n) is 5.13. The summed E-state index contributed by atoms with van der Waals surface area (Å²) in [4.78, 5) is 0. The molecular weight excluding hydrogens is 434 g/mol. The van der Waals surface area contributed by atoms with Crippen molar-refractivity contribution in [2.75, 3.05) is 0 Å². The lowest BCUT2D eigenvalue weighted by Gasteiger charge is -2.14. The standard InChI is InChI=1S/C15H30I2/c1-3-5-7-9-11-14(16)13-15(17)12-10-8-6-4-2/h14-15H,3-13H2,1-2H3. The van der Waals surface area contributed by atoms with Crippen molar-refractivity contribution in [3.05, 3.63) is 0 Å². The second kappa shape index (κ2) is 13.9. The van der Waals surface area contributed by atoms with Crippen LogP contribution in [0.1, 0.15) is 84.5 Å². The Morgan fingerprint density at radius 3 is 1.41 bits per heavy atom. The monoisotopic (exact) mass is 464 g/mol. The summed E-state index contributed by atoms with van der Waals surface area (Å²) in [7, 11) is 0. The highest BCUT2D eigenvalue weighted by molar-refractivity contribution is 14.1.